The quantitative estimate of drug-likeness (QED) is 0.804. The molecule has 6 nitrogen and oxygen atoms in total. The van der Waals surface area contributed by atoms with E-state index in [0.717, 1.165) is 36.1 Å². The van der Waals surface area contributed by atoms with E-state index in [0.29, 0.717) is 18.4 Å². The number of ether oxygens (including phenoxy) is 2. The molecule has 0 unspecified atom stereocenters. The molecule has 0 bridgehead atoms. The monoisotopic (exact) mass is 411 g/mol. The van der Waals surface area contributed by atoms with Gasteiger partial charge in [0.05, 0.1) is 25.9 Å². The number of hydrogen-bond donors (Lipinski definition) is 1. The number of nitrogens with zero attached hydrogens (tertiary/aromatic N) is 2. The Hall–Kier alpha value is -2.34. The largest absolute Gasteiger partial charge is 0.496 e. The summed E-state index contributed by atoms with van der Waals surface area (Å²) < 4.78 is 14.2. The Morgan fingerprint density at radius 1 is 1.40 bits per heavy atom. The molecule has 6 heteroatoms. The maximum absolute atomic E-state index is 12.0. The summed E-state index contributed by atoms with van der Waals surface area (Å²) in [7, 11) is 1.70. The van der Waals surface area contributed by atoms with Crippen molar-refractivity contribution in [3.63, 3.8) is 0 Å². The molecule has 30 heavy (non-hydrogen) atoms. The number of fused-ring (bicyclic) bond motifs is 1. The van der Waals surface area contributed by atoms with Crippen molar-refractivity contribution in [2.75, 3.05) is 7.11 Å². The second-order valence-electron chi connectivity index (χ2n) is 9.27. The highest BCUT2D eigenvalue weighted by Crippen LogP contribution is 2.48. The van der Waals surface area contributed by atoms with Gasteiger partial charge in [-0.15, -0.1) is 0 Å². The SMILES string of the molecule is COc1ccc([C@H]2C[C@@](C)(NC(C)=O)[C@@H]3CC[C@@H](C)C[C@H]3O2)cc1Cn1cccn1. The first-order chi connectivity index (χ1) is 14.4. The summed E-state index contributed by atoms with van der Waals surface area (Å²) in [6.07, 6.45) is 7.96. The summed E-state index contributed by atoms with van der Waals surface area (Å²) in [6, 6.07) is 8.20. The summed E-state index contributed by atoms with van der Waals surface area (Å²) in [5, 5.41) is 7.62. The fraction of sp³-hybridized carbons (Fsp3) is 0.583. The number of nitrogens with one attached hydrogen (secondary N) is 1. The van der Waals surface area contributed by atoms with E-state index in [4.69, 9.17) is 9.47 Å². The lowest BCUT2D eigenvalue weighted by Crippen LogP contribution is -2.60. The summed E-state index contributed by atoms with van der Waals surface area (Å²) in [5.41, 5.74) is 1.94. The van der Waals surface area contributed by atoms with Gasteiger partial charge in [-0.05, 0) is 49.4 Å². The van der Waals surface area contributed by atoms with Gasteiger partial charge in [0, 0.05) is 42.8 Å². The fourth-order valence-electron chi connectivity index (χ4n) is 5.44. The third-order valence-electron chi connectivity index (χ3n) is 6.85. The number of carbonyl (C=O) groups is 1. The zero-order valence-corrected chi connectivity index (χ0v) is 18.4. The first-order valence-corrected chi connectivity index (χ1v) is 11.0. The maximum atomic E-state index is 12.0. The van der Waals surface area contributed by atoms with E-state index in [1.165, 1.54) is 6.42 Å². The van der Waals surface area contributed by atoms with Crippen LogP contribution in [0.25, 0.3) is 0 Å². The maximum Gasteiger partial charge on any atom is 0.217 e. The Morgan fingerprint density at radius 2 is 2.23 bits per heavy atom. The van der Waals surface area contributed by atoms with Gasteiger partial charge in [0.15, 0.2) is 0 Å². The van der Waals surface area contributed by atoms with Crippen molar-refractivity contribution in [3.8, 4) is 5.75 Å². The van der Waals surface area contributed by atoms with Gasteiger partial charge < -0.3 is 14.8 Å². The Morgan fingerprint density at radius 3 is 2.93 bits per heavy atom. The molecule has 1 amide bonds. The molecule has 1 saturated heterocycles. The molecule has 0 radical (unpaired) electrons. The van der Waals surface area contributed by atoms with E-state index in [1.807, 2.05) is 23.0 Å². The van der Waals surface area contributed by atoms with Gasteiger partial charge >= 0.3 is 0 Å². The molecule has 2 fully saturated rings. The van der Waals surface area contributed by atoms with Gasteiger partial charge in [-0.2, -0.15) is 5.10 Å². The smallest absolute Gasteiger partial charge is 0.217 e. The molecular formula is C24H33N3O3. The predicted molar refractivity (Wildman–Crippen MR) is 115 cm³/mol. The lowest BCUT2D eigenvalue weighted by atomic mass is 9.66. The standard InChI is InChI=1S/C24H33N3O3/c1-16-6-8-20-22(12-16)30-23(14-24(20,3)26-17(2)28)18-7-9-21(29-4)19(13-18)15-27-11-5-10-25-27/h5,7,9-11,13,16,20,22-23H,6,8,12,14-15H2,1-4H3,(H,26,28)/t16-,20-,22-,23-,24-/m1/s1. The number of hydrogen-bond acceptors (Lipinski definition) is 4. The molecule has 1 aliphatic heterocycles. The van der Waals surface area contributed by atoms with Crippen molar-refractivity contribution in [1.82, 2.24) is 15.1 Å². The average Bonchev–Trinajstić information content (AvgIpc) is 3.19. The molecule has 1 aliphatic carbocycles. The van der Waals surface area contributed by atoms with Crippen LogP contribution in [0.2, 0.25) is 0 Å². The van der Waals surface area contributed by atoms with Crippen LogP contribution in [0.15, 0.2) is 36.7 Å². The van der Waals surface area contributed by atoms with E-state index >= 15 is 0 Å². The van der Waals surface area contributed by atoms with Crippen LogP contribution in [0.1, 0.15) is 63.7 Å². The highest BCUT2D eigenvalue weighted by atomic mass is 16.5. The predicted octanol–water partition coefficient (Wildman–Crippen LogP) is 4.10. The van der Waals surface area contributed by atoms with Gasteiger partial charge in [0.25, 0.3) is 0 Å². The highest BCUT2D eigenvalue weighted by Gasteiger charge is 2.49. The zero-order valence-electron chi connectivity index (χ0n) is 18.4. The lowest BCUT2D eigenvalue weighted by Gasteiger charge is -2.52. The van der Waals surface area contributed by atoms with Crippen LogP contribution in [0.5, 0.6) is 5.75 Å². The first-order valence-electron chi connectivity index (χ1n) is 11.0. The molecule has 4 rings (SSSR count). The van der Waals surface area contributed by atoms with Gasteiger partial charge in [-0.25, -0.2) is 0 Å². The number of carbonyl (C=O) groups excluding carboxylic acids is 1. The van der Waals surface area contributed by atoms with E-state index in [1.54, 1.807) is 20.2 Å². The lowest BCUT2D eigenvalue weighted by molar-refractivity contribution is -0.153. The molecular weight excluding hydrogens is 378 g/mol. The van der Waals surface area contributed by atoms with Crippen LogP contribution in [0.3, 0.4) is 0 Å². The Kier molecular flexibility index (Phi) is 5.87. The van der Waals surface area contributed by atoms with E-state index in [-0.39, 0.29) is 23.7 Å². The summed E-state index contributed by atoms with van der Waals surface area (Å²) in [6.45, 7) is 6.76. The van der Waals surface area contributed by atoms with Gasteiger partial charge in [-0.3, -0.25) is 9.48 Å². The molecule has 1 aromatic heterocycles. The van der Waals surface area contributed by atoms with Crippen LogP contribution in [-0.4, -0.2) is 34.4 Å². The molecule has 1 N–H and O–H groups in total. The van der Waals surface area contributed by atoms with E-state index < -0.39 is 0 Å². The molecule has 1 saturated carbocycles. The third-order valence-corrected chi connectivity index (χ3v) is 6.85. The van der Waals surface area contributed by atoms with Gasteiger partial charge in [-0.1, -0.05) is 19.4 Å². The van der Waals surface area contributed by atoms with Crippen molar-refractivity contribution in [2.45, 2.75) is 70.7 Å². The second kappa shape index (κ2) is 8.42. The minimum atomic E-state index is -0.262. The molecule has 2 heterocycles. The van der Waals surface area contributed by atoms with Crippen molar-refractivity contribution in [1.29, 1.82) is 0 Å². The van der Waals surface area contributed by atoms with Crippen LogP contribution in [-0.2, 0) is 16.1 Å². The Labute approximate surface area is 178 Å². The third kappa shape index (κ3) is 4.24. The number of rotatable bonds is 5. The normalized spacial score (nSPS) is 31.1. The van der Waals surface area contributed by atoms with E-state index in [9.17, 15) is 4.79 Å². The van der Waals surface area contributed by atoms with Crippen LogP contribution < -0.4 is 10.1 Å². The van der Waals surface area contributed by atoms with Gasteiger partial charge in [0.2, 0.25) is 5.91 Å². The Bertz CT molecular complexity index is 882. The molecule has 0 spiro atoms. The minimum absolute atomic E-state index is 0.0321. The summed E-state index contributed by atoms with van der Waals surface area (Å²) in [4.78, 5) is 12.0. The van der Waals surface area contributed by atoms with Crippen LogP contribution >= 0.6 is 0 Å². The molecule has 5 atom stereocenters. The number of amides is 1. The number of methoxy groups -OCH3 is 1. The minimum Gasteiger partial charge on any atom is -0.496 e. The van der Waals surface area contributed by atoms with Crippen molar-refractivity contribution in [2.24, 2.45) is 11.8 Å². The second-order valence-corrected chi connectivity index (χ2v) is 9.27. The fourth-order valence-corrected chi connectivity index (χ4v) is 5.44. The molecule has 2 aromatic rings. The highest BCUT2D eigenvalue weighted by molar-refractivity contribution is 5.73. The number of aromatic nitrogens is 2. The first kappa shape index (κ1) is 20.9. The van der Waals surface area contributed by atoms with Crippen LogP contribution in [0, 0.1) is 11.8 Å². The van der Waals surface area contributed by atoms with Crippen molar-refractivity contribution < 1.29 is 14.3 Å². The van der Waals surface area contributed by atoms with E-state index in [2.05, 4.69) is 36.4 Å². The van der Waals surface area contributed by atoms with Gasteiger partial charge in [0.1, 0.15) is 5.75 Å². The molecule has 2 aliphatic rings. The molecule has 162 valence electrons. The summed E-state index contributed by atoms with van der Waals surface area (Å²) in [5.74, 6) is 1.89. The van der Waals surface area contributed by atoms with Crippen molar-refractivity contribution in [3.05, 3.63) is 47.8 Å². The Balaban J connectivity index is 1.64. The topological polar surface area (TPSA) is 65.4 Å². The average molecular weight is 412 g/mol. The summed E-state index contributed by atoms with van der Waals surface area (Å²) >= 11 is 0. The zero-order chi connectivity index (χ0) is 21.3. The molecule has 1 aromatic carbocycles. The van der Waals surface area contributed by atoms with Crippen LogP contribution in [0.4, 0.5) is 0 Å². The van der Waals surface area contributed by atoms with Crippen molar-refractivity contribution >= 4 is 5.91 Å². The number of benzene rings is 1.